The fraction of sp³-hybridized carbons (Fsp3) is 0.250. The smallest absolute Gasteiger partial charge is 0.347 e. The van der Waals surface area contributed by atoms with Gasteiger partial charge in [-0.15, -0.1) is 5.10 Å². The number of nitrogens with one attached hydrogen (secondary N) is 1. The second-order valence-corrected chi connectivity index (χ2v) is 11.6. The van der Waals surface area contributed by atoms with Gasteiger partial charge in [-0.1, -0.05) is 31.7 Å². The number of amidine groups is 1. The number of urea groups is 1. The van der Waals surface area contributed by atoms with E-state index in [0.29, 0.717) is 22.4 Å². The summed E-state index contributed by atoms with van der Waals surface area (Å²) in [5, 5.41) is 16.5. The maximum atomic E-state index is 13.1. The maximum Gasteiger partial charge on any atom is 0.347 e. The third-order valence-corrected chi connectivity index (χ3v) is 7.90. The summed E-state index contributed by atoms with van der Waals surface area (Å²) in [5.74, 6) is 1.39. The average molecular weight is 609 g/mol. The van der Waals surface area contributed by atoms with E-state index >= 15 is 0 Å². The molecule has 4 aromatic rings. The molecule has 2 heterocycles. The Morgan fingerprint density at radius 2 is 1.93 bits per heavy atom. The van der Waals surface area contributed by atoms with E-state index in [1.54, 1.807) is 34.1 Å². The van der Waals surface area contributed by atoms with Crippen LogP contribution in [-0.4, -0.2) is 58.3 Å². The zero-order valence-corrected chi connectivity index (χ0v) is 25.9. The summed E-state index contributed by atoms with van der Waals surface area (Å²) in [6, 6.07) is 20.1. The quantitative estimate of drug-likeness (QED) is 0.258. The number of aryl methyl sites for hydroxylation is 1. The minimum Gasteiger partial charge on any atom is -0.479 e. The predicted octanol–water partition coefficient (Wildman–Crippen LogP) is 6.00. The number of hydrogen-bond donors (Lipinski definition) is 1. The fourth-order valence-electron chi connectivity index (χ4n) is 4.68. The first kappa shape index (κ1) is 30.3. The van der Waals surface area contributed by atoms with Crippen LogP contribution < -0.4 is 19.9 Å². The third-order valence-electron chi connectivity index (χ3n) is 6.98. The predicted molar refractivity (Wildman–Crippen MR) is 174 cm³/mol. The number of hydrogen-bond acceptors (Lipinski definition) is 8. The van der Waals surface area contributed by atoms with E-state index in [2.05, 4.69) is 34.2 Å². The van der Waals surface area contributed by atoms with Crippen molar-refractivity contribution in [1.82, 2.24) is 14.8 Å². The van der Waals surface area contributed by atoms with E-state index in [0.717, 1.165) is 33.8 Å². The average Bonchev–Trinajstić information content (AvgIpc) is 3.64. The number of rotatable bonds is 8. The number of amides is 3. The molecule has 1 N–H and O–H groups in total. The van der Waals surface area contributed by atoms with E-state index in [9.17, 15) is 9.59 Å². The summed E-state index contributed by atoms with van der Waals surface area (Å²) in [6.07, 6.45) is 1.62. The van der Waals surface area contributed by atoms with Crippen LogP contribution >= 0.6 is 11.8 Å². The van der Waals surface area contributed by atoms with Gasteiger partial charge in [-0.3, -0.25) is 9.69 Å². The molecule has 0 saturated carbocycles. The van der Waals surface area contributed by atoms with Gasteiger partial charge in [-0.05, 0) is 78.6 Å². The first-order valence-corrected chi connectivity index (χ1v) is 14.9. The lowest BCUT2D eigenvalue weighted by molar-refractivity contribution is -0.115. The Labute approximate surface area is 260 Å². The highest BCUT2D eigenvalue weighted by molar-refractivity contribution is 8.15. The fourth-order valence-corrected chi connectivity index (χ4v) is 5.54. The molecule has 0 spiro atoms. The topological polar surface area (TPSA) is 129 Å². The molecule has 11 nitrogen and oxygen atoms in total. The van der Waals surface area contributed by atoms with Crippen LogP contribution in [0.5, 0.6) is 5.75 Å². The van der Waals surface area contributed by atoms with Crippen molar-refractivity contribution in [2.45, 2.75) is 26.7 Å². The van der Waals surface area contributed by atoms with Crippen molar-refractivity contribution in [1.29, 1.82) is 5.26 Å². The van der Waals surface area contributed by atoms with Gasteiger partial charge < -0.3 is 15.0 Å². The first-order chi connectivity index (χ1) is 21.1. The van der Waals surface area contributed by atoms with Crippen LogP contribution in [0.15, 0.2) is 72.0 Å². The molecule has 1 aliphatic rings. The van der Waals surface area contributed by atoms with Crippen molar-refractivity contribution in [2.75, 3.05) is 41.6 Å². The van der Waals surface area contributed by atoms with Crippen molar-refractivity contribution < 1.29 is 14.3 Å². The van der Waals surface area contributed by atoms with Crippen molar-refractivity contribution >= 4 is 45.9 Å². The zero-order valence-electron chi connectivity index (χ0n) is 25.1. The molecule has 12 heteroatoms. The second kappa shape index (κ2) is 13.0. The molecular weight excluding hydrogens is 576 g/mol. The summed E-state index contributed by atoms with van der Waals surface area (Å²) >= 11 is 1.25. The van der Waals surface area contributed by atoms with Gasteiger partial charge in [0, 0.05) is 31.0 Å². The summed E-state index contributed by atoms with van der Waals surface area (Å²) in [6.45, 7) is 6.01. The van der Waals surface area contributed by atoms with Gasteiger partial charge in [-0.25, -0.2) is 14.5 Å². The summed E-state index contributed by atoms with van der Waals surface area (Å²) < 4.78 is 6.95. The van der Waals surface area contributed by atoms with E-state index in [1.165, 1.54) is 11.8 Å². The lowest BCUT2D eigenvalue weighted by atomic mass is 9.99. The number of benzene rings is 3. The SMILES string of the molecule is Cc1cc(-c2ncn(-c3ccc(OCC#N)cc3)n2)ccc1NC(=O)/N=C1\SCC(=O)N1c1cc(N(C)C)ccc1C(C)C. The van der Waals surface area contributed by atoms with Gasteiger partial charge in [0.2, 0.25) is 5.91 Å². The molecule has 5 rings (SSSR count). The van der Waals surface area contributed by atoms with E-state index in [-0.39, 0.29) is 24.2 Å². The van der Waals surface area contributed by atoms with Gasteiger partial charge in [0.15, 0.2) is 17.6 Å². The number of nitriles is 1. The Morgan fingerprint density at radius 3 is 2.61 bits per heavy atom. The van der Waals surface area contributed by atoms with Crippen LogP contribution in [0.2, 0.25) is 0 Å². The van der Waals surface area contributed by atoms with E-state index in [1.807, 2.05) is 74.5 Å². The molecule has 1 aromatic heterocycles. The summed E-state index contributed by atoms with van der Waals surface area (Å²) in [4.78, 5) is 38.4. The largest absolute Gasteiger partial charge is 0.479 e. The zero-order chi connectivity index (χ0) is 31.4. The molecule has 0 bridgehead atoms. The number of thioether (sulfide) groups is 1. The molecule has 224 valence electrons. The molecule has 0 radical (unpaired) electrons. The van der Waals surface area contributed by atoms with Crippen LogP contribution in [0.25, 0.3) is 17.1 Å². The number of ether oxygens (including phenoxy) is 1. The highest BCUT2D eigenvalue weighted by atomic mass is 32.2. The van der Waals surface area contributed by atoms with Crippen LogP contribution in [0.4, 0.5) is 21.9 Å². The highest BCUT2D eigenvalue weighted by Crippen LogP contribution is 2.36. The van der Waals surface area contributed by atoms with Crippen molar-refractivity contribution in [3.05, 3.63) is 78.1 Å². The molecule has 0 atom stereocenters. The number of aromatic nitrogens is 3. The molecule has 0 aliphatic carbocycles. The van der Waals surface area contributed by atoms with Crippen molar-refractivity contribution in [3.8, 4) is 28.9 Å². The van der Waals surface area contributed by atoms with Gasteiger partial charge in [0.1, 0.15) is 18.1 Å². The van der Waals surface area contributed by atoms with E-state index in [4.69, 9.17) is 10.00 Å². The number of nitrogens with zero attached hydrogens (tertiary/aromatic N) is 7. The Hall–Kier alpha value is -5.15. The molecule has 1 fully saturated rings. The standard InChI is InChI=1S/C32H32N8O3S/c1-20(2)26-12-9-24(38(4)5)17-28(26)40-29(41)18-44-32(40)36-31(42)35-27-13-6-22(16-21(27)3)30-34-19-39(37-30)23-7-10-25(11-8-23)43-15-14-33/h6-13,16-17,19-20H,15,18H2,1-5H3,(H,35,42)/b36-32-. The summed E-state index contributed by atoms with van der Waals surface area (Å²) in [7, 11) is 3.89. The number of aliphatic imine (C=N–C) groups is 1. The van der Waals surface area contributed by atoms with Crippen molar-refractivity contribution in [2.24, 2.45) is 4.99 Å². The molecule has 1 aliphatic heterocycles. The minimum absolute atomic E-state index is 0.0160. The first-order valence-electron chi connectivity index (χ1n) is 13.9. The van der Waals surface area contributed by atoms with Crippen LogP contribution in [0.3, 0.4) is 0 Å². The minimum atomic E-state index is -0.567. The maximum absolute atomic E-state index is 13.1. The van der Waals surface area contributed by atoms with Crippen LogP contribution in [0, 0.1) is 18.3 Å². The molecule has 3 amide bonds. The normalized spacial score (nSPS) is 13.8. The van der Waals surface area contributed by atoms with Gasteiger partial charge in [0.25, 0.3) is 0 Å². The van der Waals surface area contributed by atoms with Crippen molar-refractivity contribution in [3.63, 3.8) is 0 Å². The number of carbonyl (C=O) groups excluding carboxylic acids is 2. The Kier molecular flexibility index (Phi) is 8.96. The summed E-state index contributed by atoms with van der Waals surface area (Å²) in [5.41, 5.74) is 5.66. The van der Waals surface area contributed by atoms with Gasteiger partial charge in [0.05, 0.1) is 17.1 Å². The Balaban J connectivity index is 1.32. The van der Waals surface area contributed by atoms with Crippen LogP contribution in [0.1, 0.15) is 30.9 Å². The molecule has 1 saturated heterocycles. The van der Waals surface area contributed by atoms with Crippen LogP contribution in [-0.2, 0) is 4.79 Å². The molecular formula is C32H32N8O3S. The molecule has 0 unspecified atom stereocenters. The third kappa shape index (κ3) is 6.58. The number of carbonyl (C=O) groups is 2. The van der Waals surface area contributed by atoms with Gasteiger partial charge >= 0.3 is 6.03 Å². The number of anilines is 3. The lowest BCUT2D eigenvalue weighted by Crippen LogP contribution is -2.31. The Morgan fingerprint density at radius 1 is 1.16 bits per heavy atom. The highest BCUT2D eigenvalue weighted by Gasteiger charge is 2.32. The monoisotopic (exact) mass is 608 g/mol. The second-order valence-electron chi connectivity index (χ2n) is 10.6. The van der Waals surface area contributed by atoms with Gasteiger partial charge in [-0.2, -0.15) is 10.3 Å². The molecule has 3 aromatic carbocycles. The lowest BCUT2D eigenvalue weighted by Gasteiger charge is -2.24. The molecule has 44 heavy (non-hydrogen) atoms. The Bertz CT molecular complexity index is 1770. The van der Waals surface area contributed by atoms with E-state index < -0.39 is 6.03 Å².